The fourth-order valence-corrected chi connectivity index (χ4v) is 6.20. The maximum atomic E-state index is 13.5. The van der Waals surface area contributed by atoms with Crippen LogP contribution in [0.2, 0.25) is 0 Å². The Hall–Kier alpha value is -4.50. The number of primary amides is 1. The molecule has 8 amide bonds. The predicted octanol–water partition coefficient (Wildman–Crippen LogP) is -3.34. The van der Waals surface area contributed by atoms with Crippen LogP contribution in [0.1, 0.15) is 72.6 Å². The van der Waals surface area contributed by atoms with Crippen LogP contribution in [-0.2, 0) is 43.2 Å². The SMILES string of the molecule is CSCC[C@H](NC(=O)CNC(=O)[C@H](CC(C)C)NC(=O)[C@@H]1CCCN1C(=O)CN)C(=O)N[C@@H](CC(C)C)C(=O)N[C@@H](CO)C(=O)N[C@@H](CCC(N)=O)C(=O)O. The van der Waals surface area contributed by atoms with Gasteiger partial charge in [0.25, 0.3) is 0 Å². The average Bonchev–Trinajstić information content (AvgIpc) is 3.61. The maximum Gasteiger partial charge on any atom is 0.326 e. The predicted molar refractivity (Wildman–Crippen MR) is 202 cm³/mol. The summed E-state index contributed by atoms with van der Waals surface area (Å²) in [6.07, 6.45) is 2.60. The summed E-state index contributed by atoms with van der Waals surface area (Å²) < 4.78 is 0. The van der Waals surface area contributed by atoms with Crippen LogP contribution in [-0.4, -0.2) is 143 Å². The zero-order chi connectivity index (χ0) is 41.8. The van der Waals surface area contributed by atoms with Gasteiger partial charge in [-0.1, -0.05) is 27.7 Å². The molecule has 1 saturated heterocycles. The second-order valence-electron chi connectivity index (χ2n) is 14.1. The van der Waals surface area contributed by atoms with Crippen molar-refractivity contribution in [2.24, 2.45) is 23.3 Å². The lowest BCUT2D eigenvalue weighted by Gasteiger charge is -2.27. The molecule has 21 heteroatoms. The normalized spacial score (nSPS) is 16.6. The van der Waals surface area contributed by atoms with Crippen LogP contribution in [0.3, 0.4) is 0 Å². The molecule has 312 valence electrons. The zero-order valence-electron chi connectivity index (χ0n) is 32.2. The largest absolute Gasteiger partial charge is 0.480 e. The van der Waals surface area contributed by atoms with E-state index in [0.29, 0.717) is 25.1 Å². The minimum absolute atomic E-state index is 0.0252. The fourth-order valence-electron chi connectivity index (χ4n) is 5.72. The second-order valence-corrected chi connectivity index (χ2v) is 15.1. The van der Waals surface area contributed by atoms with E-state index >= 15 is 0 Å². The number of carboxylic acids is 1. The highest BCUT2D eigenvalue weighted by atomic mass is 32.2. The van der Waals surface area contributed by atoms with Crippen LogP contribution in [0.15, 0.2) is 0 Å². The first-order valence-corrected chi connectivity index (χ1v) is 19.6. The summed E-state index contributed by atoms with van der Waals surface area (Å²) in [5.74, 6) is -6.92. The average molecular weight is 802 g/mol. The number of rotatable bonds is 25. The summed E-state index contributed by atoms with van der Waals surface area (Å²) in [5, 5.41) is 34.1. The third-order valence-corrected chi connectivity index (χ3v) is 9.17. The summed E-state index contributed by atoms with van der Waals surface area (Å²) in [7, 11) is 0. The van der Waals surface area contributed by atoms with Crippen LogP contribution >= 0.6 is 11.8 Å². The molecule has 0 aromatic rings. The van der Waals surface area contributed by atoms with Gasteiger partial charge in [-0.15, -0.1) is 0 Å². The summed E-state index contributed by atoms with van der Waals surface area (Å²) in [6.45, 7) is 5.89. The molecule has 1 fully saturated rings. The molecule has 0 spiro atoms. The molecular formula is C34H59N9O11S. The highest BCUT2D eigenvalue weighted by Gasteiger charge is 2.36. The number of carbonyl (C=O) groups is 9. The first-order valence-electron chi connectivity index (χ1n) is 18.2. The van der Waals surface area contributed by atoms with E-state index < -0.39 is 96.7 Å². The number of nitrogens with zero attached hydrogens (tertiary/aromatic N) is 1. The van der Waals surface area contributed by atoms with Crippen molar-refractivity contribution in [3.63, 3.8) is 0 Å². The quantitative estimate of drug-likeness (QED) is 0.0433. The molecule has 0 unspecified atom stereocenters. The number of carbonyl (C=O) groups excluding carboxylic acids is 8. The van der Waals surface area contributed by atoms with E-state index in [4.69, 9.17) is 11.5 Å². The molecular weight excluding hydrogens is 742 g/mol. The van der Waals surface area contributed by atoms with Gasteiger partial charge in [0.2, 0.25) is 47.3 Å². The van der Waals surface area contributed by atoms with Gasteiger partial charge in [0.05, 0.1) is 19.7 Å². The van der Waals surface area contributed by atoms with Crippen molar-refractivity contribution < 1.29 is 53.4 Å². The molecule has 1 aliphatic rings. The molecule has 1 heterocycles. The minimum Gasteiger partial charge on any atom is -0.480 e. The van der Waals surface area contributed by atoms with E-state index in [0.717, 1.165) is 0 Å². The number of carboxylic acid groups (broad SMARTS) is 1. The number of nitrogens with two attached hydrogens (primary N) is 2. The highest BCUT2D eigenvalue weighted by Crippen LogP contribution is 2.18. The standard InChI is InChI=1S/C34H59N9O11S/c1-18(2)13-22(41-33(52)25-7-6-11-43(25)28(47)15-35)29(48)37-16-27(46)38-20(10-12-55-5)30(49)40-23(14-19(3)4)31(50)42-24(17-44)32(51)39-21(34(53)54)8-9-26(36)45/h18-25,44H,6-17,35H2,1-5H3,(H2,36,45)(H,37,48)(H,38,46)(H,39,51)(H,40,49)(H,41,52)(H,42,50)(H,53,54)/t20-,21-,22-,23-,24-,25-/m0/s1. The fraction of sp³-hybridized carbons (Fsp3) is 0.735. The third-order valence-electron chi connectivity index (χ3n) is 8.53. The molecule has 0 aromatic carbocycles. The number of hydrogen-bond donors (Lipinski definition) is 10. The van der Waals surface area contributed by atoms with Crippen molar-refractivity contribution >= 4 is 65.0 Å². The lowest BCUT2D eigenvalue weighted by atomic mass is 10.0. The van der Waals surface area contributed by atoms with Gasteiger partial charge in [-0.25, -0.2) is 4.79 Å². The van der Waals surface area contributed by atoms with Crippen LogP contribution in [0.5, 0.6) is 0 Å². The summed E-state index contributed by atoms with van der Waals surface area (Å²) in [6, 6.07) is -7.33. The van der Waals surface area contributed by atoms with Gasteiger partial charge < -0.3 is 58.5 Å². The van der Waals surface area contributed by atoms with Gasteiger partial charge in [0.1, 0.15) is 36.3 Å². The van der Waals surface area contributed by atoms with Gasteiger partial charge in [-0.3, -0.25) is 38.4 Å². The van der Waals surface area contributed by atoms with Crippen molar-refractivity contribution in [3.05, 3.63) is 0 Å². The Kier molecular flexibility index (Phi) is 21.9. The summed E-state index contributed by atoms with van der Waals surface area (Å²) in [4.78, 5) is 115. The van der Waals surface area contributed by atoms with Crippen molar-refractivity contribution in [1.29, 1.82) is 0 Å². The molecule has 0 aromatic heterocycles. The van der Waals surface area contributed by atoms with Crippen LogP contribution in [0.25, 0.3) is 0 Å². The lowest BCUT2D eigenvalue weighted by Crippen LogP contribution is -2.59. The molecule has 20 nitrogen and oxygen atoms in total. The minimum atomic E-state index is -1.61. The van der Waals surface area contributed by atoms with Crippen molar-refractivity contribution in [2.75, 3.05) is 38.2 Å². The Bertz CT molecular complexity index is 1370. The molecule has 0 saturated carbocycles. The number of nitrogens with one attached hydrogen (secondary N) is 6. The van der Waals surface area contributed by atoms with Crippen molar-refractivity contribution in [1.82, 2.24) is 36.8 Å². The number of aliphatic hydroxyl groups excluding tert-OH is 1. The van der Waals surface area contributed by atoms with E-state index in [2.05, 4.69) is 31.9 Å². The third kappa shape index (κ3) is 17.7. The van der Waals surface area contributed by atoms with Gasteiger partial charge in [-0.2, -0.15) is 11.8 Å². The number of aliphatic hydroxyl groups is 1. The van der Waals surface area contributed by atoms with E-state index in [1.54, 1.807) is 20.1 Å². The van der Waals surface area contributed by atoms with Crippen molar-refractivity contribution in [3.8, 4) is 0 Å². The first kappa shape index (κ1) is 48.5. The molecule has 1 rings (SSSR count). The highest BCUT2D eigenvalue weighted by molar-refractivity contribution is 7.98. The number of hydrogen-bond acceptors (Lipinski definition) is 12. The lowest BCUT2D eigenvalue weighted by molar-refractivity contribution is -0.143. The molecule has 1 aliphatic heterocycles. The molecule has 0 bridgehead atoms. The molecule has 0 radical (unpaired) electrons. The number of aliphatic carboxylic acids is 1. The number of likely N-dealkylation sites (tertiary alicyclic amines) is 1. The molecule has 0 aliphatic carbocycles. The van der Waals surface area contributed by atoms with E-state index in [-0.39, 0.29) is 56.4 Å². The smallest absolute Gasteiger partial charge is 0.326 e. The number of thioether (sulfide) groups is 1. The van der Waals surface area contributed by atoms with E-state index in [1.807, 2.05) is 13.8 Å². The van der Waals surface area contributed by atoms with Gasteiger partial charge in [-0.05, 0) is 62.4 Å². The van der Waals surface area contributed by atoms with Crippen molar-refractivity contribution in [2.45, 2.75) is 109 Å². The Morgan fingerprint density at radius 3 is 1.84 bits per heavy atom. The molecule has 6 atom stereocenters. The van der Waals surface area contributed by atoms with E-state index in [9.17, 15) is 53.4 Å². The Morgan fingerprint density at radius 2 is 1.31 bits per heavy atom. The topological polar surface area (TPSA) is 322 Å². The maximum absolute atomic E-state index is 13.5. The molecule has 55 heavy (non-hydrogen) atoms. The number of amides is 8. The summed E-state index contributed by atoms with van der Waals surface area (Å²) >= 11 is 1.39. The Morgan fingerprint density at radius 1 is 0.764 bits per heavy atom. The van der Waals surface area contributed by atoms with E-state index in [1.165, 1.54) is 16.7 Å². The Balaban J connectivity index is 3.00. The van der Waals surface area contributed by atoms with Gasteiger partial charge in [0.15, 0.2) is 0 Å². The first-order chi connectivity index (χ1) is 25.8. The second kappa shape index (κ2) is 24.8. The van der Waals surface area contributed by atoms with Gasteiger partial charge >= 0.3 is 5.97 Å². The summed E-state index contributed by atoms with van der Waals surface area (Å²) in [5.41, 5.74) is 10.6. The van der Waals surface area contributed by atoms with Crippen LogP contribution < -0.4 is 43.4 Å². The van der Waals surface area contributed by atoms with Crippen LogP contribution in [0, 0.1) is 11.8 Å². The van der Waals surface area contributed by atoms with Crippen LogP contribution in [0.4, 0.5) is 0 Å². The monoisotopic (exact) mass is 801 g/mol. The Labute approximate surface area is 325 Å². The zero-order valence-corrected chi connectivity index (χ0v) is 33.0. The molecule has 12 N–H and O–H groups in total. The van der Waals surface area contributed by atoms with Gasteiger partial charge in [0, 0.05) is 13.0 Å².